The topological polar surface area (TPSA) is 49.4 Å². The third-order valence-corrected chi connectivity index (χ3v) is 3.76. The maximum Gasteiger partial charge on any atom is 0.245 e. The van der Waals surface area contributed by atoms with Crippen molar-refractivity contribution in [1.29, 1.82) is 0 Å². The summed E-state index contributed by atoms with van der Waals surface area (Å²) in [6, 6.07) is 7.85. The molecule has 0 aliphatic carbocycles. The molecular formula is C15H20N2O2. The monoisotopic (exact) mass is 260 g/mol. The van der Waals surface area contributed by atoms with Crippen LogP contribution in [0.15, 0.2) is 24.3 Å². The van der Waals surface area contributed by atoms with E-state index < -0.39 is 5.54 Å². The number of rotatable bonds is 2. The first-order valence-corrected chi connectivity index (χ1v) is 6.56. The summed E-state index contributed by atoms with van der Waals surface area (Å²) in [4.78, 5) is 26.0. The number of hydrogen-bond donors (Lipinski definition) is 1. The summed E-state index contributed by atoms with van der Waals surface area (Å²) in [5.41, 5.74) is 1.36. The van der Waals surface area contributed by atoms with E-state index in [-0.39, 0.29) is 11.8 Å². The van der Waals surface area contributed by atoms with Crippen LogP contribution in [0.2, 0.25) is 0 Å². The molecule has 0 aromatic heterocycles. The van der Waals surface area contributed by atoms with Gasteiger partial charge in [0.15, 0.2) is 0 Å². The van der Waals surface area contributed by atoms with Gasteiger partial charge in [0.05, 0.1) is 6.42 Å². The summed E-state index contributed by atoms with van der Waals surface area (Å²) in [7, 11) is 0. The maximum absolute atomic E-state index is 12.4. The van der Waals surface area contributed by atoms with E-state index in [0.29, 0.717) is 19.5 Å². The third-order valence-electron chi connectivity index (χ3n) is 3.76. The highest BCUT2D eigenvalue weighted by molar-refractivity contribution is 5.92. The molecule has 1 heterocycles. The van der Waals surface area contributed by atoms with Crippen LogP contribution in [0.1, 0.15) is 25.0 Å². The van der Waals surface area contributed by atoms with Crippen molar-refractivity contribution in [1.82, 2.24) is 10.2 Å². The van der Waals surface area contributed by atoms with E-state index in [1.165, 1.54) is 0 Å². The Morgan fingerprint density at radius 1 is 1.37 bits per heavy atom. The molecule has 0 radical (unpaired) electrons. The van der Waals surface area contributed by atoms with Gasteiger partial charge in [0, 0.05) is 13.1 Å². The molecule has 1 saturated heterocycles. The second-order valence-corrected chi connectivity index (χ2v) is 5.46. The van der Waals surface area contributed by atoms with Gasteiger partial charge in [-0.2, -0.15) is 0 Å². The van der Waals surface area contributed by atoms with Crippen LogP contribution in [0.25, 0.3) is 0 Å². The lowest BCUT2D eigenvalue weighted by Crippen LogP contribution is -2.63. The van der Waals surface area contributed by atoms with Crippen LogP contribution < -0.4 is 5.32 Å². The first-order chi connectivity index (χ1) is 8.93. The molecule has 1 aromatic carbocycles. The predicted molar refractivity (Wildman–Crippen MR) is 73.7 cm³/mol. The molecule has 2 amide bonds. The molecule has 1 fully saturated rings. The fourth-order valence-electron chi connectivity index (χ4n) is 2.40. The molecule has 0 atom stereocenters. The van der Waals surface area contributed by atoms with Crippen LogP contribution in [-0.2, 0) is 16.0 Å². The Balaban J connectivity index is 2.16. The van der Waals surface area contributed by atoms with Crippen molar-refractivity contribution >= 4 is 11.8 Å². The van der Waals surface area contributed by atoms with Crippen molar-refractivity contribution in [3.63, 3.8) is 0 Å². The second-order valence-electron chi connectivity index (χ2n) is 5.46. The van der Waals surface area contributed by atoms with Gasteiger partial charge >= 0.3 is 0 Å². The van der Waals surface area contributed by atoms with Crippen LogP contribution in [0.5, 0.6) is 0 Å². The van der Waals surface area contributed by atoms with E-state index in [2.05, 4.69) is 5.32 Å². The Kier molecular flexibility index (Phi) is 3.60. The number of benzene rings is 1. The van der Waals surface area contributed by atoms with Crippen LogP contribution in [0, 0.1) is 6.92 Å². The minimum absolute atomic E-state index is 0.00847. The summed E-state index contributed by atoms with van der Waals surface area (Å²) in [5, 5.41) is 2.80. The third kappa shape index (κ3) is 2.62. The Hall–Kier alpha value is -1.84. The van der Waals surface area contributed by atoms with Gasteiger partial charge in [-0.05, 0) is 31.9 Å². The molecule has 1 aromatic rings. The largest absolute Gasteiger partial charge is 0.352 e. The standard InChI is InChI=1S/C15H20N2O2/c1-11-6-4-5-7-12(11)10-13(18)17-9-8-16-14(19)15(17,2)3/h4-7H,8-10H2,1-3H3,(H,16,19). The molecule has 0 spiro atoms. The highest BCUT2D eigenvalue weighted by Gasteiger charge is 2.40. The van der Waals surface area contributed by atoms with Crippen molar-refractivity contribution in [2.24, 2.45) is 0 Å². The molecule has 1 aliphatic rings. The zero-order chi connectivity index (χ0) is 14.0. The minimum Gasteiger partial charge on any atom is -0.352 e. The van der Waals surface area contributed by atoms with Crippen molar-refractivity contribution in [2.75, 3.05) is 13.1 Å². The van der Waals surface area contributed by atoms with Gasteiger partial charge in [0.25, 0.3) is 0 Å². The van der Waals surface area contributed by atoms with E-state index in [0.717, 1.165) is 11.1 Å². The minimum atomic E-state index is -0.766. The van der Waals surface area contributed by atoms with Gasteiger partial charge in [-0.3, -0.25) is 9.59 Å². The molecule has 0 unspecified atom stereocenters. The van der Waals surface area contributed by atoms with E-state index in [9.17, 15) is 9.59 Å². The number of hydrogen-bond acceptors (Lipinski definition) is 2. The summed E-state index contributed by atoms with van der Waals surface area (Å²) in [6.45, 7) is 6.68. The first-order valence-electron chi connectivity index (χ1n) is 6.56. The number of nitrogens with zero attached hydrogens (tertiary/aromatic N) is 1. The van der Waals surface area contributed by atoms with Crippen LogP contribution >= 0.6 is 0 Å². The van der Waals surface area contributed by atoms with E-state index in [1.54, 1.807) is 18.7 Å². The maximum atomic E-state index is 12.4. The number of nitrogens with one attached hydrogen (secondary N) is 1. The van der Waals surface area contributed by atoms with Crippen LogP contribution in [0.3, 0.4) is 0 Å². The van der Waals surface area contributed by atoms with Crippen LogP contribution in [0.4, 0.5) is 0 Å². The SMILES string of the molecule is Cc1ccccc1CC(=O)N1CCNC(=O)C1(C)C. The molecular weight excluding hydrogens is 240 g/mol. The Morgan fingerprint density at radius 2 is 2.05 bits per heavy atom. The Labute approximate surface area is 113 Å². The fraction of sp³-hybridized carbons (Fsp3) is 0.467. The first kappa shape index (κ1) is 13.6. The van der Waals surface area contributed by atoms with Crippen molar-refractivity contribution in [3.8, 4) is 0 Å². The lowest BCUT2D eigenvalue weighted by Gasteiger charge is -2.41. The van der Waals surface area contributed by atoms with Gasteiger partial charge in [-0.25, -0.2) is 0 Å². The number of carbonyl (C=O) groups is 2. The van der Waals surface area contributed by atoms with E-state index in [1.807, 2.05) is 31.2 Å². The molecule has 0 bridgehead atoms. The Morgan fingerprint density at radius 3 is 2.74 bits per heavy atom. The number of amides is 2. The average molecular weight is 260 g/mol. The zero-order valence-electron chi connectivity index (χ0n) is 11.7. The second kappa shape index (κ2) is 5.03. The van der Waals surface area contributed by atoms with Crippen molar-refractivity contribution < 1.29 is 9.59 Å². The number of aryl methyl sites for hydroxylation is 1. The lowest BCUT2D eigenvalue weighted by atomic mass is 9.97. The van der Waals surface area contributed by atoms with Gasteiger partial charge in [-0.1, -0.05) is 24.3 Å². The molecule has 0 saturated carbocycles. The number of piperazine rings is 1. The van der Waals surface area contributed by atoms with Gasteiger partial charge < -0.3 is 10.2 Å². The summed E-state index contributed by atoms with van der Waals surface area (Å²) in [6.07, 6.45) is 0.351. The molecule has 1 aliphatic heterocycles. The Bertz CT molecular complexity index is 509. The summed E-state index contributed by atoms with van der Waals surface area (Å²) in [5.74, 6) is -0.0777. The van der Waals surface area contributed by atoms with Gasteiger partial charge in [-0.15, -0.1) is 0 Å². The molecule has 2 rings (SSSR count). The molecule has 4 heteroatoms. The summed E-state index contributed by atoms with van der Waals surface area (Å²) >= 11 is 0. The van der Waals surface area contributed by atoms with Crippen LogP contribution in [-0.4, -0.2) is 35.3 Å². The molecule has 4 nitrogen and oxygen atoms in total. The quantitative estimate of drug-likeness (QED) is 0.870. The lowest BCUT2D eigenvalue weighted by molar-refractivity contribution is -0.148. The highest BCUT2D eigenvalue weighted by Crippen LogP contribution is 2.19. The van der Waals surface area contributed by atoms with Crippen molar-refractivity contribution in [3.05, 3.63) is 35.4 Å². The fourth-order valence-corrected chi connectivity index (χ4v) is 2.40. The van der Waals surface area contributed by atoms with E-state index >= 15 is 0 Å². The molecule has 1 N–H and O–H groups in total. The van der Waals surface area contributed by atoms with Crippen molar-refractivity contribution in [2.45, 2.75) is 32.7 Å². The van der Waals surface area contributed by atoms with E-state index in [4.69, 9.17) is 0 Å². The highest BCUT2D eigenvalue weighted by atomic mass is 16.2. The molecule has 19 heavy (non-hydrogen) atoms. The van der Waals surface area contributed by atoms with Gasteiger partial charge in [0.1, 0.15) is 5.54 Å². The normalized spacial score (nSPS) is 18.1. The predicted octanol–water partition coefficient (Wildman–Crippen LogP) is 1.27. The summed E-state index contributed by atoms with van der Waals surface area (Å²) < 4.78 is 0. The zero-order valence-corrected chi connectivity index (χ0v) is 11.7. The number of carbonyl (C=O) groups excluding carboxylic acids is 2. The average Bonchev–Trinajstić information content (AvgIpc) is 2.35. The smallest absolute Gasteiger partial charge is 0.245 e. The van der Waals surface area contributed by atoms with Gasteiger partial charge in [0.2, 0.25) is 11.8 Å². The molecule has 102 valence electrons.